The van der Waals surface area contributed by atoms with Gasteiger partial charge in [0.2, 0.25) is 0 Å². The lowest BCUT2D eigenvalue weighted by Gasteiger charge is -2.36. The molecule has 1 fully saturated rings. The topological polar surface area (TPSA) is 75.4 Å². The quantitative estimate of drug-likeness (QED) is 0.644. The molecule has 1 aromatic rings. The molecular weight excluding hydrogens is 275 g/mol. The number of aliphatic hydroxyl groups is 1. The van der Waals surface area contributed by atoms with Crippen molar-refractivity contribution in [3.63, 3.8) is 0 Å². The van der Waals surface area contributed by atoms with Gasteiger partial charge in [0.25, 0.3) is 5.69 Å². The number of anilines is 1. The summed E-state index contributed by atoms with van der Waals surface area (Å²) < 4.78 is 13.2. The van der Waals surface area contributed by atoms with E-state index in [1.807, 2.05) is 0 Å². The maximum Gasteiger partial charge on any atom is 0.292 e. The number of nitro benzene ring substituents is 1. The number of nitro groups is 1. The Labute approximate surface area is 123 Å². The number of benzene rings is 1. The minimum atomic E-state index is -0.869. The van der Waals surface area contributed by atoms with Crippen molar-refractivity contribution in [1.29, 1.82) is 0 Å². The summed E-state index contributed by atoms with van der Waals surface area (Å²) in [7, 11) is 0. The Morgan fingerprint density at radius 2 is 2.14 bits per heavy atom. The van der Waals surface area contributed by atoms with Crippen molar-refractivity contribution in [2.45, 2.75) is 44.6 Å². The molecule has 0 spiro atoms. The summed E-state index contributed by atoms with van der Waals surface area (Å²) >= 11 is 0. The molecule has 0 radical (unpaired) electrons. The second-order valence-electron chi connectivity index (χ2n) is 5.85. The van der Waals surface area contributed by atoms with Crippen molar-refractivity contribution in [2.75, 3.05) is 11.9 Å². The van der Waals surface area contributed by atoms with Gasteiger partial charge in [0.1, 0.15) is 11.5 Å². The van der Waals surface area contributed by atoms with Gasteiger partial charge in [-0.05, 0) is 37.7 Å². The van der Waals surface area contributed by atoms with Gasteiger partial charge in [0.05, 0.1) is 10.5 Å². The highest BCUT2D eigenvalue weighted by atomic mass is 19.1. The highest BCUT2D eigenvalue weighted by Crippen LogP contribution is 2.34. The molecule has 0 unspecified atom stereocenters. The van der Waals surface area contributed by atoms with Crippen LogP contribution in [-0.4, -0.2) is 22.2 Å². The minimum absolute atomic E-state index is 0.117. The van der Waals surface area contributed by atoms with Crippen LogP contribution in [0.15, 0.2) is 18.2 Å². The van der Waals surface area contributed by atoms with E-state index in [-0.39, 0.29) is 17.9 Å². The Bertz CT molecular complexity index is 514. The molecular formula is C15H21FN2O3. The van der Waals surface area contributed by atoms with E-state index in [0.29, 0.717) is 18.8 Å². The Balaban J connectivity index is 2.03. The predicted octanol–water partition coefficient (Wildman–Crippen LogP) is 3.48. The van der Waals surface area contributed by atoms with Crippen molar-refractivity contribution in [1.82, 2.24) is 0 Å². The van der Waals surface area contributed by atoms with Gasteiger partial charge in [-0.15, -0.1) is 0 Å². The first-order chi connectivity index (χ1) is 9.93. The third-order valence-electron chi connectivity index (χ3n) is 4.38. The van der Waals surface area contributed by atoms with Crippen LogP contribution < -0.4 is 5.32 Å². The second kappa shape index (κ2) is 6.39. The molecule has 2 rings (SSSR count). The third-order valence-corrected chi connectivity index (χ3v) is 4.38. The van der Waals surface area contributed by atoms with E-state index in [1.165, 1.54) is 0 Å². The first-order valence-electron chi connectivity index (χ1n) is 7.34. The summed E-state index contributed by atoms with van der Waals surface area (Å²) in [6.45, 7) is 2.34. The Morgan fingerprint density at radius 3 is 2.71 bits per heavy atom. The van der Waals surface area contributed by atoms with Gasteiger partial charge < -0.3 is 10.4 Å². The third kappa shape index (κ3) is 3.91. The monoisotopic (exact) mass is 296 g/mol. The Hall–Kier alpha value is -1.69. The molecule has 2 N–H and O–H groups in total. The normalized spacial score (nSPS) is 25.6. The van der Waals surface area contributed by atoms with Gasteiger partial charge in [-0.25, -0.2) is 4.39 Å². The van der Waals surface area contributed by atoms with Gasteiger partial charge in [-0.3, -0.25) is 10.1 Å². The number of halogens is 1. The number of rotatable bonds is 5. The molecule has 6 heteroatoms. The molecule has 0 amide bonds. The van der Waals surface area contributed by atoms with E-state index in [2.05, 4.69) is 12.2 Å². The summed E-state index contributed by atoms with van der Waals surface area (Å²) in [5, 5.41) is 24.3. The lowest BCUT2D eigenvalue weighted by molar-refractivity contribution is -0.384. The zero-order valence-corrected chi connectivity index (χ0v) is 12.1. The largest absolute Gasteiger partial charge is 0.388 e. The first-order valence-corrected chi connectivity index (χ1v) is 7.34. The molecule has 1 aliphatic rings. The van der Waals surface area contributed by atoms with Crippen molar-refractivity contribution in [3.05, 3.63) is 34.1 Å². The zero-order valence-electron chi connectivity index (χ0n) is 12.1. The van der Waals surface area contributed by atoms with Crippen LogP contribution in [-0.2, 0) is 0 Å². The van der Waals surface area contributed by atoms with Crippen molar-refractivity contribution < 1.29 is 14.4 Å². The predicted molar refractivity (Wildman–Crippen MR) is 78.7 cm³/mol. The molecule has 0 bridgehead atoms. The summed E-state index contributed by atoms with van der Waals surface area (Å²) in [5.41, 5.74) is -0.931. The Morgan fingerprint density at radius 1 is 1.48 bits per heavy atom. The van der Waals surface area contributed by atoms with Crippen LogP contribution in [0, 0.1) is 21.8 Å². The molecule has 116 valence electrons. The summed E-state index contributed by atoms with van der Waals surface area (Å²) in [6.07, 6.45) is 4.36. The van der Waals surface area contributed by atoms with E-state index < -0.39 is 16.3 Å². The van der Waals surface area contributed by atoms with E-state index in [1.54, 1.807) is 0 Å². The fourth-order valence-corrected chi connectivity index (χ4v) is 2.87. The SMILES string of the molecule is CCC1CCC(O)(CNc2cc(F)ccc2[N+](=O)[O-])CC1. The van der Waals surface area contributed by atoms with E-state index >= 15 is 0 Å². The molecule has 0 heterocycles. The van der Waals surface area contributed by atoms with Crippen LogP contribution in [0.5, 0.6) is 0 Å². The number of nitrogens with one attached hydrogen (secondary N) is 1. The standard InChI is InChI=1S/C15H21FN2O3/c1-2-11-5-7-15(19,8-6-11)10-17-13-9-12(16)3-4-14(13)18(20)21/h3-4,9,11,17,19H,2,5-8,10H2,1H3. The van der Waals surface area contributed by atoms with Crippen molar-refractivity contribution in [3.8, 4) is 0 Å². The van der Waals surface area contributed by atoms with Gasteiger partial charge in [0.15, 0.2) is 0 Å². The van der Waals surface area contributed by atoms with Crippen LogP contribution in [0.4, 0.5) is 15.8 Å². The summed E-state index contributed by atoms with van der Waals surface area (Å²) in [5.74, 6) is 0.110. The summed E-state index contributed by atoms with van der Waals surface area (Å²) in [6, 6.07) is 3.29. The van der Waals surface area contributed by atoms with Crippen LogP contribution in [0.2, 0.25) is 0 Å². The zero-order chi connectivity index (χ0) is 15.5. The highest BCUT2D eigenvalue weighted by Gasteiger charge is 2.33. The fourth-order valence-electron chi connectivity index (χ4n) is 2.87. The van der Waals surface area contributed by atoms with E-state index in [4.69, 9.17) is 0 Å². The Kier molecular flexibility index (Phi) is 4.77. The van der Waals surface area contributed by atoms with Crippen molar-refractivity contribution >= 4 is 11.4 Å². The minimum Gasteiger partial charge on any atom is -0.388 e. The van der Waals surface area contributed by atoms with Gasteiger partial charge in [0, 0.05) is 18.7 Å². The van der Waals surface area contributed by atoms with E-state index in [0.717, 1.165) is 37.5 Å². The van der Waals surface area contributed by atoms with Crippen LogP contribution in [0.3, 0.4) is 0 Å². The van der Waals surface area contributed by atoms with Crippen molar-refractivity contribution in [2.24, 2.45) is 5.92 Å². The molecule has 5 nitrogen and oxygen atoms in total. The molecule has 1 aromatic carbocycles. The lowest BCUT2D eigenvalue weighted by Crippen LogP contribution is -2.40. The van der Waals surface area contributed by atoms with Gasteiger partial charge in [-0.1, -0.05) is 13.3 Å². The summed E-state index contributed by atoms with van der Waals surface area (Å²) in [4.78, 5) is 10.4. The van der Waals surface area contributed by atoms with Crippen LogP contribution in [0.1, 0.15) is 39.0 Å². The van der Waals surface area contributed by atoms with Gasteiger partial charge in [-0.2, -0.15) is 0 Å². The van der Waals surface area contributed by atoms with E-state index in [9.17, 15) is 19.6 Å². The number of hydrogen-bond donors (Lipinski definition) is 2. The molecule has 1 aliphatic carbocycles. The number of hydrogen-bond acceptors (Lipinski definition) is 4. The fraction of sp³-hybridized carbons (Fsp3) is 0.600. The smallest absolute Gasteiger partial charge is 0.292 e. The highest BCUT2D eigenvalue weighted by molar-refractivity contribution is 5.61. The van der Waals surface area contributed by atoms with Gasteiger partial charge >= 0.3 is 0 Å². The second-order valence-corrected chi connectivity index (χ2v) is 5.85. The molecule has 1 saturated carbocycles. The molecule has 0 saturated heterocycles. The average Bonchev–Trinajstić information content (AvgIpc) is 2.46. The maximum absolute atomic E-state index is 13.2. The molecule has 21 heavy (non-hydrogen) atoms. The lowest BCUT2D eigenvalue weighted by atomic mass is 9.78. The average molecular weight is 296 g/mol. The maximum atomic E-state index is 13.2. The molecule has 0 atom stereocenters. The molecule has 0 aromatic heterocycles. The van der Waals surface area contributed by atoms with Crippen LogP contribution in [0.25, 0.3) is 0 Å². The number of nitrogens with zero attached hydrogens (tertiary/aromatic N) is 1. The first kappa shape index (κ1) is 15.7. The van der Waals surface area contributed by atoms with Crippen LogP contribution >= 0.6 is 0 Å². The molecule has 0 aliphatic heterocycles.